The SMILES string of the molecule is CCCCCCCCCCCCCCCCCCCCCC(=O)O[C@H](COC(=O)CCCCCCCCCCCCCCCCC(C)C)COP(=O)(O)OC[C@@H](O)COP(=O)(O)OC[C@@H](COC(=O)CCCCCCCCCCCC)OC(=O)CCCCCCCCCCCCC(C)CC. The number of carbonyl (C=O) groups is 4. The molecule has 0 aliphatic rings. The van der Waals surface area contributed by atoms with E-state index >= 15 is 0 Å². The van der Waals surface area contributed by atoms with Crippen LogP contribution >= 0.6 is 15.6 Å². The third-order valence-electron chi connectivity index (χ3n) is 19.3. The molecule has 0 aliphatic carbocycles. The number of hydrogen-bond donors (Lipinski definition) is 3. The molecule has 3 N–H and O–H groups in total. The molecular formula is C81H158O17P2. The van der Waals surface area contributed by atoms with Gasteiger partial charge in [-0.25, -0.2) is 9.13 Å². The van der Waals surface area contributed by atoms with E-state index < -0.39 is 97.5 Å². The van der Waals surface area contributed by atoms with Gasteiger partial charge in [-0.15, -0.1) is 0 Å². The lowest BCUT2D eigenvalue weighted by Gasteiger charge is -2.21. The Hall–Kier alpha value is -1.94. The highest BCUT2D eigenvalue weighted by Gasteiger charge is 2.30. The number of phosphoric acid groups is 2. The van der Waals surface area contributed by atoms with Crippen LogP contribution in [0.25, 0.3) is 0 Å². The van der Waals surface area contributed by atoms with E-state index in [-0.39, 0.29) is 25.7 Å². The maximum atomic E-state index is 13.1. The molecule has 19 heteroatoms. The number of rotatable bonds is 80. The Labute approximate surface area is 613 Å². The van der Waals surface area contributed by atoms with E-state index in [1.54, 1.807) is 0 Å². The van der Waals surface area contributed by atoms with Crippen molar-refractivity contribution in [2.45, 2.75) is 445 Å². The van der Waals surface area contributed by atoms with Crippen molar-refractivity contribution < 1.29 is 80.2 Å². The minimum atomic E-state index is -4.96. The zero-order chi connectivity index (χ0) is 73.5. The molecule has 0 spiro atoms. The van der Waals surface area contributed by atoms with Gasteiger partial charge in [-0.2, -0.15) is 0 Å². The molecule has 0 fully saturated rings. The number of ether oxygens (including phenoxy) is 4. The Kier molecular flexibility index (Phi) is 71.2. The topological polar surface area (TPSA) is 237 Å². The predicted octanol–water partition coefficient (Wildman–Crippen LogP) is 24.3. The number of carbonyl (C=O) groups excluding carboxylic acids is 4. The quantitative estimate of drug-likeness (QED) is 0.0222. The molecule has 6 atom stereocenters. The van der Waals surface area contributed by atoms with Crippen LogP contribution in [-0.2, 0) is 65.4 Å². The molecule has 3 unspecified atom stereocenters. The summed E-state index contributed by atoms with van der Waals surface area (Å²) in [5.74, 6) is -0.506. The molecule has 0 aromatic heterocycles. The summed E-state index contributed by atoms with van der Waals surface area (Å²) in [7, 11) is -9.92. The molecule has 0 aromatic rings. The molecule has 0 bridgehead atoms. The maximum Gasteiger partial charge on any atom is 0.472 e. The minimum Gasteiger partial charge on any atom is -0.462 e. The van der Waals surface area contributed by atoms with Crippen molar-refractivity contribution in [3.8, 4) is 0 Å². The summed E-state index contributed by atoms with van der Waals surface area (Å²) in [4.78, 5) is 73.0. The van der Waals surface area contributed by atoms with Crippen LogP contribution in [0.4, 0.5) is 0 Å². The second kappa shape index (κ2) is 72.6. The summed E-state index contributed by atoms with van der Waals surface area (Å²) >= 11 is 0. The highest BCUT2D eigenvalue weighted by atomic mass is 31.2. The van der Waals surface area contributed by atoms with Crippen molar-refractivity contribution in [3.05, 3.63) is 0 Å². The Morgan fingerprint density at radius 3 is 0.760 bits per heavy atom. The zero-order valence-electron chi connectivity index (χ0n) is 65.5. The van der Waals surface area contributed by atoms with E-state index in [2.05, 4.69) is 41.5 Å². The molecule has 0 aromatic carbocycles. The predicted molar refractivity (Wildman–Crippen MR) is 409 cm³/mol. The first-order valence-electron chi connectivity index (χ1n) is 42.0. The van der Waals surface area contributed by atoms with Crippen LogP contribution < -0.4 is 0 Å². The van der Waals surface area contributed by atoms with Gasteiger partial charge < -0.3 is 33.8 Å². The fourth-order valence-corrected chi connectivity index (χ4v) is 14.1. The zero-order valence-corrected chi connectivity index (χ0v) is 67.3. The second-order valence-corrected chi connectivity index (χ2v) is 32.8. The average Bonchev–Trinajstić information content (AvgIpc) is 0.921. The highest BCUT2D eigenvalue weighted by Crippen LogP contribution is 2.45. The highest BCUT2D eigenvalue weighted by molar-refractivity contribution is 7.47. The van der Waals surface area contributed by atoms with Crippen LogP contribution in [0.2, 0.25) is 0 Å². The summed E-state index contributed by atoms with van der Waals surface area (Å²) in [6.45, 7) is 9.68. The van der Waals surface area contributed by atoms with E-state index in [9.17, 15) is 43.2 Å². The molecular weight excluding hydrogens is 1310 g/mol. The molecule has 100 heavy (non-hydrogen) atoms. The van der Waals surface area contributed by atoms with Crippen molar-refractivity contribution in [2.75, 3.05) is 39.6 Å². The lowest BCUT2D eigenvalue weighted by molar-refractivity contribution is -0.161. The van der Waals surface area contributed by atoms with Gasteiger partial charge in [-0.05, 0) is 37.5 Å². The van der Waals surface area contributed by atoms with E-state index in [1.807, 2.05) is 0 Å². The number of phosphoric ester groups is 2. The van der Waals surface area contributed by atoms with Gasteiger partial charge in [0.15, 0.2) is 12.2 Å². The maximum absolute atomic E-state index is 13.1. The van der Waals surface area contributed by atoms with E-state index in [0.29, 0.717) is 25.7 Å². The van der Waals surface area contributed by atoms with Gasteiger partial charge in [-0.1, -0.05) is 375 Å². The average molecular weight is 1470 g/mol. The number of unbranched alkanes of at least 4 members (excludes halogenated alkanes) is 49. The van der Waals surface area contributed by atoms with Gasteiger partial charge >= 0.3 is 39.5 Å². The molecule has 17 nitrogen and oxygen atoms in total. The smallest absolute Gasteiger partial charge is 0.462 e. The van der Waals surface area contributed by atoms with Crippen LogP contribution in [0.5, 0.6) is 0 Å². The lowest BCUT2D eigenvalue weighted by Crippen LogP contribution is -2.30. The number of esters is 4. The molecule has 0 amide bonds. The van der Waals surface area contributed by atoms with Crippen LogP contribution in [0.1, 0.15) is 427 Å². The molecule has 0 saturated heterocycles. The van der Waals surface area contributed by atoms with Crippen LogP contribution in [-0.4, -0.2) is 96.7 Å². The Balaban J connectivity index is 5.24. The minimum absolute atomic E-state index is 0.107. The summed E-state index contributed by atoms with van der Waals surface area (Å²) in [6, 6.07) is 0. The largest absolute Gasteiger partial charge is 0.472 e. The van der Waals surface area contributed by atoms with E-state index in [1.165, 1.54) is 244 Å². The summed E-state index contributed by atoms with van der Waals surface area (Å²) in [5, 5.41) is 10.6. The first-order chi connectivity index (χ1) is 48.4. The fraction of sp³-hybridized carbons (Fsp3) is 0.951. The summed E-state index contributed by atoms with van der Waals surface area (Å²) < 4.78 is 68.7. The summed E-state index contributed by atoms with van der Waals surface area (Å²) in [5.41, 5.74) is 0. The van der Waals surface area contributed by atoms with Crippen molar-refractivity contribution in [2.24, 2.45) is 11.8 Å². The van der Waals surface area contributed by atoms with Gasteiger partial charge in [0, 0.05) is 25.7 Å². The number of aliphatic hydroxyl groups excluding tert-OH is 1. The Morgan fingerprint density at radius 2 is 0.510 bits per heavy atom. The first-order valence-corrected chi connectivity index (χ1v) is 45.0. The van der Waals surface area contributed by atoms with Gasteiger partial charge in [0.1, 0.15) is 19.3 Å². The second-order valence-electron chi connectivity index (χ2n) is 29.9. The Morgan fingerprint density at radius 1 is 0.290 bits per heavy atom. The van der Waals surface area contributed by atoms with Crippen molar-refractivity contribution >= 4 is 39.5 Å². The first kappa shape index (κ1) is 98.1. The third-order valence-corrected chi connectivity index (χ3v) is 21.2. The summed E-state index contributed by atoms with van der Waals surface area (Å²) in [6.07, 6.45) is 62.3. The standard InChI is InChI=1S/C81H158O17P2/c1-7-10-12-14-16-18-20-21-22-23-24-25-26-31-34-41-47-53-59-65-80(85)97-77(70-92-79(84)64-58-52-46-40-33-30-28-27-29-32-37-43-49-55-61-73(4)5)72-96-100(89,90)94-68-75(82)67-93-99(87,88)95-71-76(69-91-78(83)63-57-51-45-39-19-17-15-13-11-8-2)98-81(86)66-60-54-48-42-36-35-38-44-50-56-62-74(6)9-3/h73-77,82H,7-72H2,1-6H3,(H,87,88)(H,89,90)/t74?,75-,76+,77+/m0/s1. The van der Waals surface area contributed by atoms with Gasteiger partial charge in [0.05, 0.1) is 26.4 Å². The van der Waals surface area contributed by atoms with E-state index in [0.717, 1.165) is 102 Å². The van der Waals surface area contributed by atoms with Crippen LogP contribution in [0, 0.1) is 11.8 Å². The monoisotopic (exact) mass is 1470 g/mol. The van der Waals surface area contributed by atoms with E-state index in [4.69, 9.17) is 37.0 Å². The number of hydrogen-bond acceptors (Lipinski definition) is 15. The molecule has 0 heterocycles. The van der Waals surface area contributed by atoms with Crippen LogP contribution in [0.3, 0.4) is 0 Å². The molecule has 0 rings (SSSR count). The van der Waals surface area contributed by atoms with Crippen molar-refractivity contribution in [1.29, 1.82) is 0 Å². The normalized spacial score (nSPS) is 14.2. The fourth-order valence-electron chi connectivity index (χ4n) is 12.5. The van der Waals surface area contributed by atoms with Gasteiger partial charge in [-0.3, -0.25) is 37.3 Å². The molecule has 0 saturated carbocycles. The van der Waals surface area contributed by atoms with Gasteiger partial charge in [0.25, 0.3) is 0 Å². The van der Waals surface area contributed by atoms with Gasteiger partial charge in [0.2, 0.25) is 0 Å². The number of aliphatic hydroxyl groups is 1. The molecule has 0 aliphatic heterocycles. The Bertz CT molecular complexity index is 1930. The van der Waals surface area contributed by atoms with Crippen LogP contribution in [0.15, 0.2) is 0 Å². The molecule has 594 valence electrons. The lowest BCUT2D eigenvalue weighted by atomic mass is 9.99. The molecule has 0 radical (unpaired) electrons. The van der Waals surface area contributed by atoms with Crippen molar-refractivity contribution in [1.82, 2.24) is 0 Å². The van der Waals surface area contributed by atoms with Crippen molar-refractivity contribution in [3.63, 3.8) is 0 Å². The third kappa shape index (κ3) is 73.0.